The molecule has 4 rings (SSSR count). The summed E-state index contributed by atoms with van der Waals surface area (Å²) >= 11 is 0. The minimum Gasteiger partial charge on any atom is -0.408 e. The van der Waals surface area contributed by atoms with Crippen LogP contribution in [0.1, 0.15) is 17.5 Å². The third-order valence-electron chi connectivity index (χ3n) is 5.34. The number of carbonyl (C=O) groups excluding carboxylic acids is 1. The van der Waals surface area contributed by atoms with Gasteiger partial charge in [-0.2, -0.15) is 0 Å². The number of hydrogen-bond acceptors (Lipinski definition) is 4. The molecule has 1 aliphatic heterocycles. The maximum absolute atomic E-state index is 12.6. The highest BCUT2D eigenvalue weighted by Gasteiger charge is 2.21. The summed E-state index contributed by atoms with van der Waals surface area (Å²) in [6, 6.07) is 15.9. The quantitative estimate of drug-likeness (QED) is 0.684. The molecule has 1 aliphatic rings. The summed E-state index contributed by atoms with van der Waals surface area (Å²) in [5, 5.41) is 0. The second-order valence-electron chi connectivity index (χ2n) is 7.38. The molecule has 6 heteroatoms. The average Bonchev–Trinajstić information content (AvgIpc) is 3.02. The van der Waals surface area contributed by atoms with Crippen molar-refractivity contribution in [2.75, 3.05) is 26.2 Å². The van der Waals surface area contributed by atoms with E-state index in [0.29, 0.717) is 18.5 Å². The highest BCUT2D eigenvalue weighted by molar-refractivity contribution is 5.77. The summed E-state index contributed by atoms with van der Waals surface area (Å²) in [6.45, 7) is 6.56. The van der Waals surface area contributed by atoms with E-state index in [9.17, 15) is 9.59 Å². The van der Waals surface area contributed by atoms with E-state index in [1.807, 2.05) is 23.1 Å². The normalized spacial score (nSPS) is 15.2. The lowest BCUT2D eigenvalue weighted by atomic mass is 10.1. The first-order chi connectivity index (χ1) is 13.6. The van der Waals surface area contributed by atoms with Gasteiger partial charge in [-0.1, -0.05) is 42.0 Å². The Kier molecular flexibility index (Phi) is 5.30. The van der Waals surface area contributed by atoms with Gasteiger partial charge < -0.3 is 9.32 Å². The Bertz CT molecular complexity index is 1030. The minimum atomic E-state index is -0.406. The lowest BCUT2D eigenvalue weighted by molar-refractivity contribution is -0.133. The van der Waals surface area contributed by atoms with Gasteiger partial charge in [0.25, 0.3) is 0 Å². The van der Waals surface area contributed by atoms with E-state index >= 15 is 0 Å². The van der Waals surface area contributed by atoms with Crippen molar-refractivity contribution in [1.29, 1.82) is 0 Å². The molecule has 6 nitrogen and oxygen atoms in total. The van der Waals surface area contributed by atoms with Gasteiger partial charge in [0, 0.05) is 45.7 Å². The Labute approximate surface area is 164 Å². The largest absolute Gasteiger partial charge is 0.419 e. The van der Waals surface area contributed by atoms with E-state index in [-0.39, 0.29) is 5.91 Å². The van der Waals surface area contributed by atoms with Crippen LogP contribution in [-0.2, 0) is 17.9 Å². The third kappa shape index (κ3) is 4.02. The van der Waals surface area contributed by atoms with Crippen LogP contribution in [0.15, 0.2) is 57.7 Å². The Morgan fingerprint density at radius 2 is 1.82 bits per heavy atom. The van der Waals surface area contributed by atoms with E-state index < -0.39 is 5.76 Å². The molecule has 1 fully saturated rings. The van der Waals surface area contributed by atoms with E-state index in [0.717, 1.165) is 38.2 Å². The van der Waals surface area contributed by atoms with Gasteiger partial charge >= 0.3 is 5.76 Å². The fourth-order valence-corrected chi connectivity index (χ4v) is 3.82. The molecule has 28 heavy (non-hydrogen) atoms. The zero-order valence-corrected chi connectivity index (χ0v) is 16.1. The summed E-state index contributed by atoms with van der Waals surface area (Å²) in [4.78, 5) is 28.9. The molecule has 0 N–H and O–H groups in total. The van der Waals surface area contributed by atoms with Crippen LogP contribution in [0.4, 0.5) is 0 Å². The molecular weight excluding hydrogens is 354 g/mol. The first-order valence-electron chi connectivity index (χ1n) is 9.74. The molecule has 146 valence electrons. The maximum Gasteiger partial charge on any atom is 0.419 e. The average molecular weight is 379 g/mol. The molecule has 0 atom stereocenters. The molecule has 0 bridgehead atoms. The van der Waals surface area contributed by atoms with Gasteiger partial charge in [0.05, 0.1) is 5.52 Å². The standard InChI is InChI=1S/C22H25N3O3/c1-17-5-4-6-18(15-17)16-23-11-13-24(14-12-23)21(26)9-10-25-19-7-2-3-8-20(19)28-22(25)27/h2-8,15H,9-14,16H2,1H3. The fraction of sp³-hybridized carbons (Fsp3) is 0.364. The van der Waals surface area contributed by atoms with Crippen LogP contribution in [0.3, 0.4) is 0 Å². The summed E-state index contributed by atoms with van der Waals surface area (Å²) in [6.07, 6.45) is 0.307. The summed E-state index contributed by atoms with van der Waals surface area (Å²) in [5.74, 6) is -0.315. The molecule has 3 aromatic rings. The topological polar surface area (TPSA) is 58.7 Å². The number of piperazine rings is 1. The fourth-order valence-electron chi connectivity index (χ4n) is 3.82. The first kappa shape index (κ1) is 18.5. The van der Waals surface area contributed by atoms with Crippen LogP contribution in [0, 0.1) is 6.92 Å². The highest BCUT2D eigenvalue weighted by atomic mass is 16.4. The second kappa shape index (κ2) is 8.02. The van der Waals surface area contributed by atoms with E-state index in [2.05, 4.69) is 36.1 Å². The predicted molar refractivity (Wildman–Crippen MR) is 108 cm³/mol. The molecule has 0 radical (unpaired) electrons. The van der Waals surface area contributed by atoms with Crippen molar-refractivity contribution < 1.29 is 9.21 Å². The lowest BCUT2D eigenvalue weighted by Crippen LogP contribution is -2.48. The van der Waals surface area contributed by atoms with Crippen LogP contribution >= 0.6 is 0 Å². The van der Waals surface area contributed by atoms with Gasteiger partial charge in [0.2, 0.25) is 5.91 Å². The number of oxazole rings is 1. The van der Waals surface area contributed by atoms with Gasteiger partial charge in [0.15, 0.2) is 5.58 Å². The van der Waals surface area contributed by atoms with Gasteiger partial charge in [0.1, 0.15) is 0 Å². The number of amides is 1. The van der Waals surface area contributed by atoms with Crippen molar-refractivity contribution in [2.24, 2.45) is 0 Å². The van der Waals surface area contributed by atoms with E-state index in [1.165, 1.54) is 11.1 Å². The zero-order valence-electron chi connectivity index (χ0n) is 16.1. The monoisotopic (exact) mass is 379 g/mol. The molecule has 1 saturated heterocycles. The molecule has 0 aliphatic carbocycles. The van der Waals surface area contributed by atoms with E-state index in [4.69, 9.17) is 4.42 Å². The Morgan fingerprint density at radius 1 is 1.04 bits per heavy atom. The van der Waals surface area contributed by atoms with Gasteiger partial charge in [-0.3, -0.25) is 14.3 Å². The number of aromatic nitrogens is 1. The number of benzene rings is 2. The summed E-state index contributed by atoms with van der Waals surface area (Å²) < 4.78 is 6.77. The smallest absolute Gasteiger partial charge is 0.408 e. The van der Waals surface area contributed by atoms with Crippen LogP contribution in [0.25, 0.3) is 11.1 Å². The molecular formula is C22H25N3O3. The first-order valence-corrected chi connectivity index (χ1v) is 9.74. The summed E-state index contributed by atoms with van der Waals surface area (Å²) in [5.41, 5.74) is 3.88. The molecule has 1 amide bonds. The minimum absolute atomic E-state index is 0.0902. The number of fused-ring (bicyclic) bond motifs is 1. The second-order valence-corrected chi connectivity index (χ2v) is 7.38. The van der Waals surface area contributed by atoms with Crippen LogP contribution in [0.5, 0.6) is 0 Å². The van der Waals surface area contributed by atoms with Crippen molar-refractivity contribution >= 4 is 17.0 Å². The van der Waals surface area contributed by atoms with Crippen LogP contribution in [-0.4, -0.2) is 46.5 Å². The van der Waals surface area contributed by atoms with Crippen LogP contribution in [0.2, 0.25) is 0 Å². The lowest BCUT2D eigenvalue weighted by Gasteiger charge is -2.35. The van der Waals surface area contributed by atoms with Crippen molar-refractivity contribution in [3.63, 3.8) is 0 Å². The number of para-hydroxylation sites is 2. The van der Waals surface area contributed by atoms with Gasteiger partial charge in [-0.15, -0.1) is 0 Å². The Morgan fingerprint density at radius 3 is 2.61 bits per heavy atom. The van der Waals surface area contributed by atoms with Gasteiger partial charge in [-0.05, 0) is 24.6 Å². The van der Waals surface area contributed by atoms with E-state index in [1.54, 1.807) is 10.6 Å². The van der Waals surface area contributed by atoms with Gasteiger partial charge in [-0.25, -0.2) is 4.79 Å². The SMILES string of the molecule is Cc1cccc(CN2CCN(C(=O)CCn3c(=O)oc4ccccc43)CC2)c1. The summed E-state index contributed by atoms with van der Waals surface area (Å²) in [7, 11) is 0. The van der Waals surface area contributed by atoms with Crippen molar-refractivity contribution in [3.8, 4) is 0 Å². The highest BCUT2D eigenvalue weighted by Crippen LogP contribution is 2.14. The van der Waals surface area contributed by atoms with Crippen LogP contribution < -0.4 is 5.76 Å². The molecule has 2 heterocycles. The van der Waals surface area contributed by atoms with Crippen molar-refractivity contribution in [2.45, 2.75) is 26.4 Å². The predicted octanol–water partition coefficient (Wildman–Crippen LogP) is 2.64. The Balaban J connectivity index is 1.30. The number of hydrogen-bond donors (Lipinski definition) is 0. The van der Waals surface area contributed by atoms with Crippen molar-refractivity contribution in [1.82, 2.24) is 14.4 Å². The number of nitrogens with zero attached hydrogens (tertiary/aromatic N) is 3. The Hall–Kier alpha value is -2.86. The maximum atomic E-state index is 12.6. The molecule has 2 aromatic carbocycles. The van der Waals surface area contributed by atoms with Crippen molar-refractivity contribution in [3.05, 3.63) is 70.2 Å². The molecule has 0 spiro atoms. The third-order valence-corrected chi connectivity index (χ3v) is 5.34. The zero-order chi connectivity index (χ0) is 19.5. The number of carbonyl (C=O) groups is 1. The number of rotatable bonds is 5. The molecule has 0 saturated carbocycles. The molecule has 0 unspecified atom stereocenters. The number of aryl methyl sites for hydroxylation is 2. The molecule has 1 aromatic heterocycles.